The number of benzene rings is 1. The van der Waals surface area contributed by atoms with E-state index in [2.05, 4.69) is 4.98 Å². The van der Waals surface area contributed by atoms with Crippen LogP contribution in [0.3, 0.4) is 0 Å². The lowest BCUT2D eigenvalue weighted by molar-refractivity contribution is -0.147. The SMILES string of the molecule is CC(C)(C)OC(=O)N1CCC(C)(C(=O)O)C1.Cc1ncc(COc2ccc3oc(C)c(C(N)=O)c3c2)s1. The third kappa shape index (κ3) is 7.00. The standard InChI is InChI=1S/C15H14N2O3S.C11H19NO4/c1-8-14(15(16)18)12-5-10(3-4-13(12)20-8)19-7-11-6-17-9(2)21-11;1-10(2,3)16-9(15)12-6-5-11(4,7-12)8(13)14/h3-6H,7H2,1-2H3,(H2,16,18);5-7H2,1-4H3,(H,13,14). The van der Waals surface area contributed by atoms with Gasteiger partial charge in [0.05, 0.1) is 20.9 Å². The van der Waals surface area contributed by atoms with E-state index in [4.69, 9.17) is 24.7 Å². The lowest BCUT2D eigenvalue weighted by atomic mass is 9.90. The molecule has 1 aliphatic heterocycles. The van der Waals surface area contributed by atoms with Crippen molar-refractivity contribution >= 4 is 40.3 Å². The highest BCUT2D eigenvalue weighted by Crippen LogP contribution is 2.31. The first kappa shape index (κ1) is 28.0. The summed E-state index contributed by atoms with van der Waals surface area (Å²) in [6.45, 7) is 11.8. The zero-order valence-electron chi connectivity index (χ0n) is 21.9. The van der Waals surface area contributed by atoms with Gasteiger partial charge in [0, 0.05) is 24.7 Å². The quantitative estimate of drug-likeness (QED) is 0.473. The largest absolute Gasteiger partial charge is 0.488 e. The number of thiazole rings is 1. The second-order valence-corrected chi connectivity index (χ2v) is 11.5. The van der Waals surface area contributed by atoms with E-state index < -0.39 is 29.0 Å². The number of carboxylic acids is 1. The number of fused-ring (bicyclic) bond motifs is 1. The minimum atomic E-state index is -0.862. The van der Waals surface area contributed by atoms with Crippen LogP contribution in [0.1, 0.15) is 60.1 Å². The van der Waals surface area contributed by atoms with Crippen molar-refractivity contribution in [2.45, 2.75) is 60.2 Å². The van der Waals surface area contributed by atoms with Crippen LogP contribution in [-0.4, -0.2) is 51.7 Å². The maximum absolute atomic E-state index is 11.7. The van der Waals surface area contributed by atoms with Gasteiger partial charge in [0.15, 0.2) is 0 Å². The molecule has 4 rings (SSSR count). The Balaban J connectivity index is 0.000000214. The molecule has 1 atom stereocenters. The summed E-state index contributed by atoms with van der Waals surface area (Å²) in [5, 5.41) is 10.7. The molecule has 3 aromatic rings. The number of aromatic nitrogens is 1. The predicted molar refractivity (Wildman–Crippen MR) is 139 cm³/mol. The molecule has 1 fully saturated rings. The van der Waals surface area contributed by atoms with E-state index in [0.717, 1.165) is 9.88 Å². The molecule has 200 valence electrons. The number of amides is 2. The minimum absolute atomic E-state index is 0.219. The zero-order valence-corrected chi connectivity index (χ0v) is 22.7. The summed E-state index contributed by atoms with van der Waals surface area (Å²) in [5.74, 6) is -0.176. The Morgan fingerprint density at radius 1 is 1.27 bits per heavy atom. The lowest BCUT2D eigenvalue weighted by Gasteiger charge is -2.25. The van der Waals surface area contributed by atoms with Gasteiger partial charge in [-0.2, -0.15) is 0 Å². The number of furan rings is 1. The molecule has 1 saturated heterocycles. The van der Waals surface area contributed by atoms with Crippen LogP contribution in [0.15, 0.2) is 28.8 Å². The van der Waals surface area contributed by atoms with Crippen LogP contribution >= 0.6 is 11.3 Å². The Bertz CT molecular complexity index is 1310. The van der Waals surface area contributed by atoms with Gasteiger partial charge in [-0.3, -0.25) is 9.59 Å². The van der Waals surface area contributed by atoms with Gasteiger partial charge in [0.25, 0.3) is 5.91 Å². The average molecular weight is 532 g/mol. The fourth-order valence-electron chi connectivity index (χ4n) is 3.84. The Morgan fingerprint density at radius 3 is 2.51 bits per heavy atom. The number of carbonyl (C=O) groups is 3. The molecule has 10 nitrogen and oxygen atoms in total. The predicted octanol–water partition coefficient (Wildman–Crippen LogP) is 4.90. The number of carboxylic acid groups (broad SMARTS) is 1. The first-order valence-corrected chi connectivity index (χ1v) is 12.6. The lowest BCUT2D eigenvalue weighted by Crippen LogP contribution is -2.38. The fraction of sp³-hybridized carbons (Fsp3) is 0.462. The molecule has 3 N–H and O–H groups in total. The first-order chi connectivity index (χ1) is 17.2. The molecule has 0 spiro atoms. The summed E-state index contributed by atoms with van der Waals surface area (Å²) in [6.07, 6.45) is 1.84. The van der Waals surface area contributed by atoms with Crippen LogP contribution in [0.4, 0.5) is 4.79 Å². The van der Waals surface area contributed by atoms with E-state index in [1.54, 1.807) is 64.3 Å². The van der Waals surface area contributed by atoms with Crippen LogP contribution < -0.4 is 10.5 Å². The molecule has 11 heteroatoms. The number of aliphatic carboxylic acids is 1. The number of rotatable bonds is 5. The Labute approximate surface area is 219 Å². The Kier molecular flexibility index (Phi) is 8.16. The monoisotopic (exact) mass is 531 g/mol. The zero-order chi connectivity index (χ0) is 27.5. The van der Waals surface area contributed by atoms with Gasteiger partial charge in [-0.25, -0.2) is 9.78 Å². The minimum Gasteiger partial charge on any atom is -0.488 e. The van der Waals surface area contributed by atoms with Gasteiger partial charge in [-0.05, 0) is 66.2 Å². The average Bonchev–Trinajstić information content (AvgIpc) is 3.47. The van der Waals surface area contributed by atoms with Crippen molar-refractivity contribution in [2.75, 3.05) is 13.1 Å². The van der Waals surface area contributed by atoms with Crippen molar-refractivity contribution in [2.24, 2.45) is 11.1 Å². The number of nitrogens with zero attached hydrogens (tertiary/aromatic N) is 2. The van der Waals surface area contributed by atoms with Crippen molar-refractivity contribution in [1.82, 2.24) is 9.88 Å². The summed E-state index contributed by atoms with van der Waals surface area (Å²) in [6, 6.07) is 5.37. The molecule has 2 amide bonds. The molecule has 1 aliphatic rings. The molecule has 0 radical (unpaired) electrons. The molecule has 2 aromatic heterocycles. The second kappa shape index (κ2) is 10.8. The topological polar surface area (TPSA) is 145 Å². The number of hydrogen-bond acceptors (Lipinski definition) is 8. The van der Waals surface area contributed by atoms with E-state index in [1.807, 2.05) is 13.0 Å². The van der Waals surface area contributed by atoms with Gasteiger partial charge in [0.1, 0.15) is 29.3 Å². The summed E-state index contributed by atoms with van der Waals surface area (Å²) >= 11 is 1.59. The summed E-state index contributed by atoms with van der Waals surface area (Å²) < 4.78 is 16.4. The van der Waals surface area contributed by atoms with Crippen molar-refractivity contribution in [3.63, 3.8) is 0 Å². The van der Waals surface area contributed by atoms with Gasteiger partial charge < -0.3 is 29.6 Å². The summed E-state index contributed by atoms with van der Waals surface area (Å²) in [5.41, 5.74) is 5.05. The highest BCUT2D eigenvalue weighted by atomic mass is 32.1. The van der Waals surface area contributed by atoms with Crippen molar-refractivity contribution in [3.8, 4) is 5.75 Å². The molecular formula is C26H33N3O7S. The van der Waals surface area contributed by atoms with Crippen molar-refractivity contribution in [3.05, 3.63) is 45.6 Å². The highest BCUT2D eigenvalue weighted by molar-refractivity contribution is 7.11. The summed E-state index contributed by atoms with van der Waals surface area (Å²) in [4.78, 5) is 40.9. The van der Waals surface area contributed by atoms with E-state index in [-0.39, 0.29) is 6.54 Å². The molecule has 3 heterocycles. The molecule has 1 unspecified atom stereocenters. The first-order valence-electron chi connectivity index (χ1n) is 11.8. The molecular weight excluding hydrogens is 498 g/mol. The molecule has 1 aromatic carbocycles. The maximum Gasteiger partial charge on any atom is 0.410 e. The molecule has 37 heavy (non-hydrogen) atoms. The van der Waals surface area contributed by atoms with Gasteiger partial charge in [-0.15, -0.1) is 11.3 Å². The molecule has 0 aliphatic carbocycles. The number of ether oxygens (including phenoxy) is 2. The molecule has 0 saturated carbocycles. The number of aryl methyl sites for hydroxylation is 2. The summed E-state index contributed by atoms with van der Waals surface area (Å²) in [7, 11) is 0. The fourth-order valence-corrected chi connectivity index (χ4v) is 4.55. The van der Waals surface area contributed by atoms with Crippen LogP contribution in [-0.2, 0) is 16.1 Å². The second-order valence-electron chi connectivity index (χ2n) is 10.2. The maximum atomic E-state index is 11.7. The normalized spacial score (nSPS) is 17.3. The van der Waals surface area contributed by atoms with Crippen LogP contribution in [0, 0.1) is 19.3 Å². The Morgan fingerprint density at radius 2 is 1.97 bits per heavy atom. The van der Waals surface area contributed by atoms with Gasteiger partial charge >= 0.3 is 12.1 Å². The van der Waals surface area contributed by atoms with Crippen molar-refractivity contribution in [1.29, 1.82) is 0 Å². The number of likely N-dealkylation sites (tertiary alicyclic amines) is 1. The number of nitrogens with two attached hydrogens (primary N) is 1. The smallest absolute Gasteiger partial charge is 0.410 e. The number of hydrogen-bond donors (Lipinski definition) is 2. The van der Waals surface area contributed by atoms with Crippen LogP contribution in [0.25, 0.3) is 11.0 Å². The molecule has 0 bridgehead atoms. The van der Waals surface area contributed by atoms with E-state index in [9.17, 15) is 14.4 Å². The Hall–Kier alpha value is -3.60. The van der Waals surface area contributed by atoms with E-state index >= 15 is 0 Å². The van der Waals surface area contributed by atoms with E-state index in [0.29, 0.717) is 47.6 Å². The van der Waals surface area contributed by atoms with Crippen LogP contribution in [0.2, 0.25) is 0 Å². The van der Waals surface area contributed by atoms with Crippen molar-refractivity contribution < 1.29 is 33.4 Å². The van der Waals surface area contributed by atoms with Gasteiger partial charge in [-0.1, -0.05) is 0 Å². The third-order valence-corrected chi connectivity index (χ3v) is 6.66. The van der Waals surface area contributed by atoms with Gasteiger partial charge in [0.2, 0.25) is 0 Å². The van der Waals surface area contributed by atoms with E-state index in [1.165, 1.54) is 4.90 Å². The highest BCUT2D eigenvalue weighted by Gasteiger charge is 2.43. The van der Waals surface area contributed by atoms with Crippen LogP contribution in [0.5, 0.6) is 5.75 Å². The number of carbonyl (C=O) groups excluding carboxylic acids is 2. The number of primary amides is 1. The third-order valence-electron chi connectivity index (χ3n) is 5.77.